The fraction of sp³-hybridized carbons (Fsp3) is 0.588. The molecule has 0 aliphatic carbocycles. The van der Waals surface area contributed by atoms with Gasteiger partial charge in [-0.2, -0.15) is 0 Å². The maximum absolute atomic E-state index is 11.7. The van der Waals surface area contributed by atoms with Gasteiger partial charge in [0.2, 0.25) is 5.91 Å². The number of likely N-dealkylation sites (N-methyl/N-ethyl adjacent to an activating group) is 1. The molecule has 0 spiro atoms. The van der Waals surface area contributed by atoms with E-state index in [0.717, 1.165) is 32.6 Å². The molecule has 1 aromatic carbocycles. The predicted molar refractivity (Wildman–Crippen MR) is 80.6 cm³/mol. The second kappa shape index (κ2) is 5.21. The molecule has 2 atom stereocenters. The van der Waals surface area contributed by atoms with Gasteiger partial charge >= 0.3 is 0 Å². The van der Waals surface area contributed by atoms with Gasteiger partial charge in [-0.05, 0) is 31.5 Å². The van der Waals surface area contributed by atoms with E-state index in [1.165, 1.54) is 12.0 Å². The number of nitrogens with zero attached hydrogens (tertiary/aromatic N) is 2. The SMILES string of the molecule is CCN1CC[C@@]2(c3ccccc3)CCN(C(C)=O)C[C@H]12. The van der Waals surface area contributed by atoms with E-state index in [0.29, 0.717) is 6.04 Å². The molecule has 3 heteroatoms. The maximum atomic E-state index is 11.7. The molecule has 3 rings (SSSR count). The van der Waals surface area contributed by atoms with Gasteiger partial charge in [-0.15, -0.1) is 0 Å². The Morgan fingerprint density at radius 3 is 2.60 bits per heavy atom. The molecule has 1 aromatic rings. The van der Waals surface area contributed by atoms with Crippen molar-refractivity contribution < 1.29 is 4.79 Å². The zero-order chi connectivity index (χ0) is 14.2. The molecular formula is C17H24N2O. The van der Waals surface area contributed by atoms with Crippen molar-refractivity contribution in [2.24, 2.45) is 0 Å². The minimum atomic E-state index is 0.217. The van der Waals surface area contributed by atoms with Gasteiger partial charge in [0, 0.05) is 31.5 Å². The minimum absolute atomic E-state index is 0.217. The van der Waals surface area contributed by atoms with E-state index in [2.05, 4.69) is 42.2 Å². The number of hydrogen-bond acceptors (Lipinski definition) is 2. The van der Waals surface area contributed by atoms with Gasteiger partial charge in [-0.1, -0.05) is 37.3 Å². The Hall–Kier alpha value is -1.35. The zero-order valence-electron chi connectivity index (χ0n) is 12.5. The van der Waals surface area contributed by atoms with E-state index in [4.69, 9.17) is 0 Å². The third kappa shape index (κ3) is 2.05. The molecule has 108 valence electrons. The summed E-state index contributed by atoms with van der Waals surface area (Å²) in [6.45, 7) is 7.94. The van der Waals surface area contributed by atoms with Gasteiger partial charge in [0.1, 0.15) is 0 Å². The normalized spacial score (nSPS) is 30.3. The fourth-order valence-corrected chi connectivity index (χ4v) is 4.15. The number of piperidine rings is 1. The number of amides is 1. The highest BCUT2D eigenvalue weighted by molar-refractivity contribution is 5.73. The molecule has 2 aliphatic heterocycles. The topological polar surface area (TPSA) is 23.6 Å². The number of fused-ring (bicyclic) bond motifs is 1. The third-order valence-electron chi connectivity index (χ3n) is 5.35. The Balaban J connectivity index is 1.95. The first-order valence-corrected chi connectivity index (χ1v) is 7.72. The third-order valence-corrected chi connectivity index (χ3v) is 5.35. The molecule has 0 aromatic heterocycles. The van der Waals surface area contributed by atoms with E-state index in [9.17, 15) is 4.79 Å². The zero-order valence-corrected chi connectivity index (χ0v) is 12.5. The Morgan fingerprint density at radius 1 is 1.25 bits per heavy atom. The largest absolute Gasteiger partial charge is 0.341 e. The molecule has 2 heterocycles. The van der Waals surface area contributed by atoms with Crippen LogP contribution in [0.25, 0.3) is 0 Å². The quantitative estimate of drug-likeness (QED) is 0.824. The fourth-order valence-electron chi connectivity index (χ4n) is 4.15. The lowest BCUT2D eigenvalue weighted by Gasteiger charge is -2.46. The van der Waals surface area contributed by atoms with Crippen LogP contribution in [0, 0.1) is 0 Å². The minimum Gasteiger partial charge on any atom is -0.341 e. The summed E-state index contributed by atoms with van der Waals surface area (Å²) in [4.78, 5) is 16.3. The maximum Gasteiger partial charge on any atom is 0.219 e. The summed E-state index contributed by atoms with van der Waals surface area (Å²) in [5.41, 5.74) is 1.72. The first kappa shape index (κ1) is 13.6. The van der Waals surface area contributed by atoms with Gasteiger partial charge in [0.15, 0.2) is 0 Å². The number of hydrogen-bond donors (Lipinski definition) is 0. The monoisotopic (exact) mass is 272 g/mol. The first-order valence-electron chi connectivity index (χ1n) is 7.72. The molecule has 0 saturated carbocycles. The van der Waals surface area contributed by atoms with E-state index in [1.54, 1.807) is 6.92 Å². The summed E-state index contributed by atoms with van der Waals surface area (Å²) >= 11 is 0. The van der Waals surface area contributed by atoms with Gasteiger partial charge in [-0.25, -0.2) is 0 Å². The van der Waals surface area contributed by atoms with E-state index >= 15 is 0 Å². The molecule has 2 saturated heterocycles. The van der Waals surface area contributed by atoms with Crippen LogP contribution >= 0.6 is 0 Å². The Morgan fingerprint density at radius 2 is 1.95 bits per heavy atom. The van der Waals surface area contributed by atoms with Crippen LogP contribution in [0.4, 0.5) is 0 Å². The van der Waals surface area contributed by atoms with Crippen molar-refractivity contribution in [3.63, 3.8) is 0 Å². The first-order chi connectivity index (χ1) is 9.67. The Bertz CT molecular complexity index is 487. The molecule has 0 bridgehead atoms. The average Bonchev–Trinajstić information content (AvgIpc) is 2.87. The highest BCUT2D eigenvalue weighted by Crippen LogP contribution is 2.45. The van der Waals surface area contributed by atoms with Crippen molar-refractivity contribution in [1.29, 1.82) is 0 Å². The second-order valence-electron chi connectivity index (χ2n) is 6.13. The lowest BCUT2D eigenvalue weighted by atomic mass is 9.69. The van der Waals surface area contributed by atoms with Crippen LogP contribution in [0.1, 0.15) is 32.3 Å². The van der Waals surface area contributed by atoms with Crippen LogP contribution in [-0.4, -0.2) is 47.9 Å². The molecule has 20 heavy (non-hydrogen) atoms. The van der Waals surface area contributed by atoms with Crippen molar-refractivity contribution >= 4 is 5.91 Å². The highest BCUT2D eigenvalue weighted by atomic mass is 16.2. The van der Waals surface area contributed by atoms with E-state index < -0.39 is 0 Å². The number of rotatable bonds is 2. The van der Waals surface area contributed by atoms with Crippen molar-refractivity contribution in [1.82, 2.24) is 9.80 Å². The molecule has 1 amide bonds. The van der Waals surface area contributed by atoms with Crippen LogP contribution in [0.5, 0.6) is 0 Å². The highest BCUT2D eigenvalue weighted by Gasteiger charge is 2.50. The standard InChI is InChI=1S/C17H24N2O/c1-3-18-11-9-17(15-7-5-4-6-8-15)10-12-19(14(2)20)13-16(17)18/h4-8,16H,3,9-13H2,1-2H3/t16-,17-/m0/s1. The average molecular weight is 272 g/mol. The van der Waals surface area contributed by atoms with Crippen molar-refractivity contribution in [3.8, 4) is 0 Å². The molecule has 2 aliphatic rings. The summed E-state index contributed by atoms with van der Waals surface area (Å²) < 4.78 is 0. The smallest absolute Gasteiger partial charge is 0.219 e. The summed E-state index contributed by atoms with van der Waals surface area (Å²) in [5.74, 6) is 0.217. The number of likely N-dealkylation sites (tertiary alicyclic amines) is 2. The van der Waals surface area contributed by atoms with Crippen LogP contribution in [0.2, 0.25) is 0 Å². The second-order valence-corrected chi connectivity index (χ2v) is 6.13. The Kier molecular flexibility index (Phi) is 3.55. The lowest BCUT2D eigenvalue weighted by Crippen LogP contribution is -2.56. The Labute approximate surface area is 121 Å². The van der Waals surface area contributed by atoms with Crippen molar-refractivity contribution in [2.75, 3.05) is 26.2 Å². The van der Waals surface area contributed by atoms with Crippen molar-refractivity contribution in [3.05, 3.63) is 35.9 Å². The molecule has 0 radical (unpaired) electrons. The number of benzene rings is 1. The molecule has 0 unspecified atom stereocenters. The van der Waals surface area contributed by atoms with Crippen LogP contribution in [-0.2, 0) is 10.2 Å². The van der Waals surface area contributed by atoms with Gasteiger partial charge in [0.25, 0.3) is 0 Å². The van der Waals surface area contributed by atoms with Crippen LogP contribution in [0.15, 0.2) is 30.3 Å². The molecule has 0 N–H and O–H groups in total. The van der Waals surface area contributed by atoms with Gasteiger partial charge < -0.3 is 4.90 Å². The van der Waals surface area contributed by atoms with Crippen LogP contribution < -0.4 is 0 Å². The number of carbonyl (C=O) groups is 1. The van der Waals surface area contributed by atoms with Crippen LogP contribution in [0.3, 0.4) is 0 Å². The molecule has 3 nitrogen and oxygen atoms in total. The summed E-state index contributed by atoms with van der Waals surface area (Å²) in [6, 6.07) is 11.4. The molecular weight excluding hydrogens is 248 g/mol. The van der Waals surface area contributed by atoms with Crippen molar-refractivity contribution in [2.45, 2.75) is 38.1 Å². The number of carbonyl (C=O) groups excluding carboxylic acids is 1. The van der Waals surface area contributed by atoms with Gasteiger partial charge in [0.05, 0.1) is 0 Å². The summed E-state index contributed by atoms with van der Waals surface area (Å²) in [5, 5.41) is 0. The van der Waals surface area contributed by atoms with E-state index in [-0.39, 0.29) is 11.3 Å². The van der Waals surface area contributed by atoms with E-state index in [1.807, 2.05) is 4.90 Å². The summed E-state index contributed by atoms with van der Waals surface area (Å²) in [6.07, 6.45) is 2.32. The lowest BCUT2D eigenvalue weighted by molar-refractivity contribution is -0.131. The molecule has 2 fully saturated rings. The summed E-state index contributed by atoms with van der Waals surface area (Å²) in [7, 11) is 0. The predicted octanol–water partition coefficient (Wildman–Crippen LogP) is 2.27. The van der Waals surface area contributed by atoms with Gasteiger partial charge in [-0.3, -0.25) is 9.69 Å².